The number of nitrogens with zero attached hydrogens (tertiary/aromatic N) is 2. The van der Waals surface area contributed by atoms with Crippen LogP contribution in [0.15, 0.2) is 34.2 Å². The fraction of sp³-hybridized carbons (Fsp3) is 0.438. The zero-order chi connectivity index (χ0) is 15.5. The predicted octanol–water partition coefficient (Wildman–Crippen LogP) is 2.48. The molecule has 0 atom stereocenters. The summed E-state index contributed by atoms with van der Waals surface area (Å²) >= 11 is 1.26. The molecule has 1 amide bonds. The number of aromatic nitrogens is 2. The summed E-state index contributed by atoms with van der Waals surface area (Å²) in [6, 6.07) is 7.53. The monoisotopic (exact) mass is 317 g/mol. The van der Waals surface area contributed by atoms with Gasteiger partial charge in [-0.15, -0.1) is 0 Å². The van der Waals surface area contributed by atoms with E-state index in [0.29, 0.717) is 16.1 Å². The zero-order valence-corrected chi connectivity index (χ0v) is 13.1. The highest BCUT2D eigenvalue weighted by molar-refractivity contribution is 7.99. The number of fused-ring (bicyclic) bond motifs is 1. The third kappa shape index (κ3) is 3.02. The van der Waals surface area contributed by atoms with Gasteiger partial charge in [-0.1, -0.05) is 43.2 Å². The summed E-state index contributed by atoms with van der Waals surface area (Å²) < 4.78 is 1.79. The van der Waals surface area contributed by atoms with E-state index in [1.807, 2.05) is 24.3 Å². The summed E-state index contributed by atoms with van der Waals surface area (Å²) in [5, 5.41) is 1.24. The van der Waals surface area contributed by atoms with Crippen LogP contribution in [0, 0.1) is 0 Å². The number of thioether (sulfide) groups is 1. The van der Waals surface area contributed by atoms with Gasteiger partial charge in [-0.05, 0) is 25.0 Å². The van der Waals surface area contributed by atoms with Crippen molar-refractivity contribution in [2.24, 2.45) is 5.73 Å². The predicted molar refractivity (Wildman–Crippen MR) is 88.0 cm³/mol. The van der Waals surface area contributed by atoms with Crippen LogP contribution in [0.3, 0.4) is 0 Å². The molecule has 1 aromatic carbocycles. The number of hydrogen-bond acceptors (Lipinski definition) is 4. The lowest BCUT2D eigenvalue weighted by Gasteiger charge is -2.26. The van der Waals surface area contributed by atoms with E-state index < -0.39 is 5.91 Å². The van der Waals surface area contributed by atoms with Gasteiger partial charge in [0.2, 0.25) is 5.91 Å². The van der Waals surface area contributed by atoms with Crippen LogP contribution in [0.4, 0.5) is 0 Å². The number of amides is 1. The van der Waals surface area contributed by atoms with Crippen molar-refractivity contribution < 1.29 is 4.79 Å². The molecule has 1 aliphatic rings. The Morgan fingerprint density at radius 1 is 1.27 bits per heavy atom. The maximum absolute atomic E-state index is 12.9. The first-order valence-corrected chi connectivity index (χ1v) is 8.58. The second kappa shape index (κ2) is 6.52. The molecule has 3 rings (SSSR count). The van der Waals surface area contributed by atoms with E-state index in [1.165, 1.54) is 18.2 Å². The minimum absolute atomic E-state index is 0.00975. The van der Waals surface area contributed by atoms with Gasteiger partial charge in [-0.25, -0.2) is 4.98 Å². The molecule has 0 spiro atoms. The third-order valence-corrected chi connectivity index (χ3v) is 5.03. The van der Waals surface area contributed by atoms with Crippen LogP contribution in [-0.4, -0.2) is 21.2 Å². The SMILES string of the molecule is NC(=O)CSc1nc2ccccc2c(=O)n1C1CCCCC1. The van der Waals surface area contributed by atoms with Gasteiger partial charge in [-0.2, -0.15) is 0 Å². The van der Waals surface area contributed by atoms with Gasteiger partial charge in [0.1, 0.15) is 0 Å². The Bertz CT molecular complexity index is 751. The quantitative estimate of drug-likeness (QED) is 0.694. The van der Waals surface area contributed by atoms with Crippen LogP contribution in [0.25, 0.3) is 10.9 Å². The smallest absolute Gasteiger partial charge is 0.262 e. The lowest BCUT2D eigenvalue weighted by molar-refractivity contribution is -0.115. The molecule has 0 unspecified atom stereocenters. The fourth-order valence-corrected chi connectivity index (χ4v) is 3.83. The van der Waals surface area contributed by atoms with Crippen molar-refractivity contribution in [3.8, 4) is 0 Å². The number of nitrogens with two attached hydrogens (primary N) is 1. The standard InChI is InChI=1S/C16H19N3O2S/c17-14(20)10-22-16-18-13-9-5-4-8-12(13)15(21)19(16)11-6-2-1-3-7-11/h4-5,8-9,11H,1-3,6-7,10H2,(H2,17,20). The Labute approximate surface area is 132 Å². The summed E-state index contributed by atoms with van der Waals surface area (Å²) in [5.41, 5.74) is 5.91. The van der Waals surface area contributed by atoms with Gasteiger partial charge in [0.25, 0.3) is 5.56 Å². The molecule has 6 heteroatoms. The minimum atomic E-state index is -0.400. The molecular weight excluding hydrogens is 298 g/mol. The van der Waals surface area contributed by atoms with Crippen molar-refractivity contribution in [3.05, 3.63) is 34.6 Å². The van der Waals surface area contributed by atoms with Crippen molar-refractivity contribution in [1.82, 2.24) is 9.55 Å². The van der Waals surface area contributed by atoms with Crippen LogP contribution in [0.5, 0.6) is 0 Å². The summed E-state index contributed by atoms with van der Waals surface area (Å²) in [6.07, 6.45) is 5.46. The molecule has 2 N–H and O–H groups in total. The second-order valence-electron chi connectivity index (χ2n) is 5.63. The highest BCUT2D eigenvalue weighted by Crippen LogP contribution is 2.30. The topological polar surface area (TPSA) is 78.0 Å². The molecule has 0 saturated heterocycles. The van der Waals surface area contributed by atoms with E-state index in [2.05, 4.69) is 4.98 Å². The van der Waals surface area contributed by atoms with Gasteiger partial charge >= 0.3 is 0 Å². The maximum Gasteiger partial charge on any atom is 0.262 e. The average Bonchev–Trinajstić information content (AvgIpc) is 2.54. The summed E-state index contributed by atoms with van der Waals surface area (Å²) in [4.78, 5) is 28.6. The van der Waals surface area contributed by atoms with Crippen LogP contribution in [0.1, 0.15) is 38.1 Å². The highest BCUT2D eigenvalue weighted by atomic mass is 32.2. The molecule has 0 radical (unpaired) electrons. The Morgan fingerprint density at radius 2 is 2.00 bits per heavy atom. The molecule has 2 aromatic rings. The molecule has 1 saturated carbocycles. The molecular formula is C16H19N3O2S. The number of benzene rings is 1. The zero-order valence-electron chi connectivity index (χ0n) is 12.3. The van der Waals surface area contributed by atoms with Gasteiger partial charge < -0.3 is 5.73 Å². The van der Waals surface area contributed by atoms with Gasteiger partial charge in [0, 0.05) is 6.04 Å². The number of carbonyl (C=O) groups is 1. The van der Waals surface area contributed by atoms with Crippen molar-refractivity contribution in [3.63, 3.8) is 0 Å². The molecule has 0 aliphatic heterocycles. The Balaban J connectivity index is 2.11. The van der Waals surface area contributed by atoms with E-state index in [1.54, 1.807) is 4.57 Å². The molecule has 1 heterocycles. The number of para-hydroxylation sites is 1. The van der Waals surface area contributed by atoms with Crippen molar-refractivity contribution >= 4 is 28.6 Å². The number of hydrogen-bond donors (Lipinski definition) is 1. The van der Waals surface area contributed by atoms with E-state index in [4.69, 9.17) is 5.73 Å². The number of rotatable bonds is 4. The average molecular weight is 317 g/mol. The van der Waals surface area contributed by atoms with Crippen LogP contribution < -0.4 is 11.3 Å². The molecule has 1 aromatic heterocycles. The molecule has 5 nitrogen and oxygen atoms in total. The van der Waals surface area contributed by atoms with Crippen molar-refractivity contribution in [1.29, 1.82) is 0 Å². The molecule has 116 valence electrons. The van der Waals surface area contributed by atoms with Crippen LogP contribution in [0.2, 0.25) is 0 Å². The normalized spacial score (nSPS) is 16.0. The number of primary amides is 1. The second-order valence-corrected chi connectivity index (χ2v) is 6.58. The van der Waals surface area contributed by atoms with Gasteiger partial charge in [-0.3, -0.25) is 14.2 Å². The van der Waals surface area contributed by atoms with Crippen LogP contribution in [-0.2, 0) is 4.79 Å². The Hall–Kier alpha value is -1.82. The first-order valence-electron chi connectivity index (χ1n) is 7.59. The highest BCUT2D eigenvalue weighted by Gasteiger charge is 2.22. The van der Waals surface area contributed by atoms with Gasteiger partial charge in [0.15, 0.2) is 5.16 Å². The summed E-state index contributed by atoms with van der Waals surface area (Å²) in [5.74, 6) is -0.264. The lowest BCUT2D eigenvalue weighted by Crippen LogP contribution is -2.29. The van der Waals surface area contributed by atoms with E-state index in [0.717, 1.165) is 25.7 Å². The summed E-state index contributed by atoms with van der Waals surface area (Å²) in [7, 11) is 0. The van der Waals surface area contributed by atoms with E-state index in [9.17, 15) is 9.59 Å². The third-order valence-electron chi connectivity index (χ3n) is 4.06. The maximum atomic E-state index is 12.9. The molecule has 1 aliphatic carbocycles. The lowest BCUT2D eigenvalue weighted by atomic mass is 9.95. The largest absolute Gasteiger partial charge is 0.369 e. The first kappa shape index (κ1) is 15.1. The number of carbonyl (C=O) groups excluding carboxylic acids is 1. The van der Waals surface area contributed by atoms with Gasteiger partial charge in [0.05, 0.1) is 16.7 Å². The Kier molecular flexibility index (Phi) is 4.47. The van der Waals surface area contributed by atoms with Crippen molar-refractivity contribution in [2.45, 2.75) is 43.3 Å². The molecule has 0 bridgehead atoms. The van der Waals surface area contributed by atoms with Crippen LogP contribution >= 0.6 is 11.8 Å². The molecule has 1 fully saturated rings. The van der Waals surface area contributed by atoms with E-state index >= 15 is 0 Å². The fourth-order valence-electron chi connectivity index (χ4n) is 3.02. The minimum Gasteiger partial charge on any atom is -0.369 e. The van der Waals surface area contributed by atoms with Crippen molar-refractivity contribution in [2.75, 3.05) is 5.75 Å². The van der Waals surface area contributed by atoms with E-state index in [-0.39, 0.29) is 17.4 Å². The first-order chi connectivity index (χ1) is 10.7. The Morgan fingerprint density at radius 3 is 2.73 bits per heavy atom. The molecule has 22 heavy (non-hydrogen) atoms. The summed E-state index contributed by atoms with van der Waals surface area (Å²) in [6.45, 7) is 0.